The molecule has 1 aliphatic heterocycles. The Hall–Kier alpha value is -0.420. The van der Waals surface area contributed by atoms with Crippen LogP contribution >= 0.6 is 0 Å². The van der Waals surface area contributed by atoms with Crippen molar-refractivity contribution in [3.05, 3.63) is 11.6 Å². The number of aliphatic hydroxyl groups is 2. The Morgan fingerprint density at radius 3 is 2.67 bits per heavy atom. The molecule has 2 N–H and O–H groups in total. The number of hydrogen-bond donors (Lipinski definition) is 2. The number of ether oxygens (including phenoxy) is 2. The second-order valence-electron chi connectivity index (χ2n) is 11.6. The first-order chi connectivity index (χ1) is 14.4. The highest BCUT2D eigenvalue weighted by Gasteiger charge is 2.63. The molecule has 0 bridgehead atoms. The van der Waals surface area contributed by atoms with Crippen LogP contribution in [0.5, 0.6) is 0 Å². The van der Waals surface area contributed by atoms with Crippen LogP contribution in [0.4, 0.5) is 0 Å². The summed E-state index contributed by atoms with van der Waals surface area (Å²) in [6.07, 6.45) is 15.8. The van der Waals surface area contributed by atoms with Gasteiger partial charge in [0.1, 0.15) is 0 Å². The van der Waals surface area contributed by atoms with Gasteiger partial charge < -0.3 is 19.7 Å². The Kier molecular flexibility index (Phi) is 5.62. The van der Waals surface area contributed by atoms with Crippen LogP contribution in [0.25, 0.3) is 0 Å². The molecule has 0 amide bonds. The monoisotopic (exact) mass is 418 g/mol. The van der Waals surface area contributed by atoms with Crippen molar-refractivity contribution in [1.82, 2.24) is 0 Å². The molecule has 8 unspecified atom stereocenters. The molecule has 0 aromatic heterocycles. The van der Waals surface area contributed by atoms with Gasteiger partial charge in [0.25, 0.3) is 0 Å². The Bertz CT molecular complexity index is 670. The van der Waals surface area contributed by atoms with E-state index in [0.29, 0.717) is 29.8 Å². The molecule has 5 rings (SSSR count). The quantitative estimate of drug-likeness (QED) is 0.633. The molecule has 0 aromatic rings. The number of hydrogen-bond acceptors (Lipinski definition) is 4. The van der Waals surface area contributed by atoms with Crippen molar-refractivity contribution in [2.45, 2.75) is 109 Å². The molecule has 5 aliphatic rings. The van der Waals surface area contributed by atoms with E-state index in [1.54, 1.807) is 5.57 Å². The smallest absolute Gasteiger partial charge is 0.157 e. The predicted molar refractivity (Wildman–Crippen MR) is 117 cm³/mol. The molecule has 30 heavy (non-hydrogen) atoms. The topological polar surface area (TPSA) is 58.9 Å². The lowest BCUT2D eigenvalue weighted by Crippen LogP contribution is -2.55. The minimum atomic E-state index is -0.673. The van der Waals surface area contributed by atoms with Crippen molar-refractivity contribution in [1.29, 1.82) is 0 Å². The molecule has 8 atom stereocenters. The Morgan fingerprint density at radius 2 is 1.90 bits per heavy atom. The van der Waals surface area contributed by atoms with Crippen molar-refractivity contribution < 1.29 is 19.7 Å². The van der Waals surface area contributed by atoms with Crippen molar-refractivity contribution in [2.75, 3.05) is 13.2 Å². The molecular weight excluding hydrogens is 376 g/mol. The molecule has 4 nitrogen and oxygen atoms in total. The fourth-order valence-electron chi connectivity index (χ4n) is 8.48. The minimum Gasteiger partial charge on any atom is -0.396 e. The first-order valence-corrected chi connectivity index (χ1v) is 12.7. The molecule has 170 valence electrons. The largest absolute Gasteiger partial charge is 0.396 e. The summed E-state index contributed by atoms with van der Waals surface area (Å²) in [6.45, 7) is 5.80. The summed E-state index contributed by atoms with van der Waals surface area (Å²) < 4.78 is 12.2. The molecule has 4 aliphatic carbocycles. The van der Waals surface area contributed by atoms with Gasteiger partial charge >= 0.3 is 0 Å². The van der Waals surface area contributed by atoms with Crippen LogP contribution in [-0.2, 0) is 9.47 Å². The molecule has 4 fully saturated rings. The summed E-state index contributed by atoms with van der Waals surface area (Å²) in [5.41, 5.74) is 1.24. The summed E-state index contributed by atoms with van der Waals surface area (Å²) in [5.74, 6) is 2.01. The second-order valence-corrected chi connectivity index (χ2v) is 11.6. The lowest BCUT2D eigenvalue weighted by molar-refractivity contribution is -0.195. The third kappa shape index (κ3) is 3.24. The van der Waals surface area contributed by atoms with E-state index in [1.165, 1.54) is 25.7 Å². The highest BCUT2D eigenvalue weighted by Crippen LogP contribution is 2.67. The Morgan fingerprint density at radius 1 is 1.07 bits per heavy atom. The molecule has 0 aromatic carbocycles. The zero-order valence-corrected chi connectivity index (χ0v) is 19.1. The van der Waals surface area contributed by atoms with Crippen molar-refractivity contribution >= 4 is 0 Å². The van der Waals surface area contributed by atoms with E-state index in [2.05, 4.69) is 19.9 Å². The fraction of sp³-hybridized carbons (Fsp3) is 0.923. The molecule has 4 heteroatoms. The standard InChI is InChI=1S/C26H42O4/c1-24-11-8-19(30-23-5-3-4-16-29-23)17-18(24)6-7-20-21(24)9-12-25(2)22(20)10-13-26(25,28)14-15-27/h6,19-23,27-28H,3-5,7-17H2,1-2H3. The van der Waals surface area contributed by atoms with Crippen LogP contribution in [0.1, 0.15) is 90.9 Å². The average Bonchev–Trinajstić information content (AvgIpc) is 3.00. The third-order valence-corrected chi connectivity index (χ3v) is 10.4. The van der Waals surface area contributed by atoms with Crippen LogP contribution in [-0.4, -0.2) is 41.4 Å². The van der Waals surface area contributed by atoms with Gasteiger partial charge in [0.05, 0.1) is 11.7 Å². The van der Waals surface area contributed by atoms with Crippen molar-refractivity contribution in [3.8, 4) is 0 Å². The summed E-state index contributed by atoms with van der Waals surface area (Å²) in [6, 6.07) is 0. The zero-order valence-electron chi connectivity index (χ0n) is 19.1. The van der Waals surface area contributed by atoms with Gasteiger partial charge in [0.2, 0.25) is 0 Å². The van der Waals surface area contributed by atoms with Crippen LogP contribution in [0.15, 0.2) is 11.6 Å². The van der Waals surface area contributed by atoms with Crippen LogP contribution in [0, 0.1) is 28.6 Å². The van der Waals surface area contributed by atoms with Gasteiger partial charge in [-0.3, -0.25) is 0 Å². The van der Waals surface area contributed by atoms with E-state index in [0.717, 1.165) is 57.5 Å². The normalized spacial score (nSPS) is 50.9. The minimum absolute atomic E-state index is 0.0168. The van der Waals surface area contributed by atoms with E-state index in [9.17, 15) is 10.2 Å². The fourth-order valence-corrected chi connectivity index (χ4v) is 8.48. The van der Waals surface area contributed by atoms with Gasteiger partial charge in [-0.1, -0.05) is 25.5 Å². The van der Waals surface area contributed by atoms with Gasteiger partial charge in [-0.15, -0.1) is 0 Å². The van der Waals surface area contributed by atoms with Gasteiger partial charge in [-0.2, -0.15) is 0 Å². The zero-order chi connectivity index (χ0) is 21.0. The number of allylic oxidation sites excluding steroid dienone is 1. The molecule has 3 saturated carbocycles. The first-order valence-electron chi connectivity index (χ1n) is 12.7. The van der Waals surface area contributed by atoms with Gasteiger partial charge in [-0.25, -0.2) is 0 Å². The molecular formula is C26H42O4. The van der Waals surface area contributed by atoms with E-state index in [4.69, 9.17) is 9.47 Å². The maximum Gasteiger partial charge on any atom is 0.157 e. The summed E-state index contributed by atoms with van der Waals surface area (Å²) in [5, 5.41) is 21.0. The van der Waals surface area contributed by atoms with E-state index >= 15 is 0 Å². The number of aliphatic hydroxyl groups excluding tert-OH is 1. The lowest BCUT2D eigenvalue weighted by Gasteiger charge is -2.59. The van der Waals surface area contributed by atoms with E-state index < -0.39 is 5.60 Å². The summed E-state index contributed by atoms with van der Waals surface area (Å²) in [7, 11) is 0. The average molecular weight is 419 g/mol. The molecule has 1 saturated heterocycles. The van der Waals surface area contributed by atoms with Gasteiger partial charge in [-0.05, 0) is 106 Å². The Balaban J connectivity index is 1.32. The van der Waals surface area contributed by atoms with E-state index in [-0.39, 0.29) is 18.3 Å². The van der Waals surface area contributed by atoms with Crippen molar-refractivity contribution in [2.24, 2.45) is 28.6 Å². The lowest BCUT2D eigenvalue weighted by atomic mass is 9.47. The Labute approximate surface area is 182 Å². The van der Waals surface area contributed by atoms with Crippen LogP contribution < -0.4 is 0 Å². The maximum atomic E-state index is 11.4. The maximum absolute atomic E-state index is 11.4. The van der Waals surface area contributed by atoms with E-state index in [1.807, 2.05) is 0 Å². The van der Waals surface area contributed by atoms with Crippen LogP contribution in [0.3, 0.4) is 0 Å². The summed E-state index contributed by atoms with van der Waals surface area (Å²) >= 11 is 0. The number of fused-ring (bicyclic) bond motifs is 5. The first kappa shape index (κ1) is 21.4. The highest BCUT2D eigenvalue weighted by molar-refractivity contribution is 5.26. The number of rotatable bonds is 4. The van der Waals surface area contributed by atoms with Crippen LogP contribution in [0.2, 0.25) is 0 Å². The molecule has 0 radical (unpaired) electrons. The predicted octanol–water partition coefficient (Wildman–Crippen LogP) is 4.97. The van der Waals surface area contributed by atoms with Gasteiger partial charge in [0, 0.05) is 13.2 Å². The molecule has 0 spiro atoms. The second kappa shape index (κ2) is 7.86. The van der Waals surface area contributed by atoms with Gasteiger partial charge in [0.15, 0.2) is 6.29 Å². The summed E-state index contributed by atoms with van der Waals surface area (Å²) in [4.78, 5) is 0. The highest BCUT2D eigenvalue weighted by atomic mass is 16.7. The molecule has 1 heterocycles. The van der Waals surface area contributed by atoms with Crippen molar-refractivity contribution in [3.63, 3.8) is 0 Å². The third-order valence-electron chi connectivity index (χ3n) is 10.4. The SMILES string of the molecule is CC12CCC(OC3CCCCO3)CC1=CCC1C2CCC2(C)C1CCC2(O)CCO.